The smallest absolute Gasteiger partial charge is 0.326 e. The van der Waals surface area contributed by atoms with E-state index in [0.717, 1.165) is 0 Å². The van der Waals surface area contributed by atoms with E-state index in [4.69, 9.17) is 12.2 Å². The molecule has 13 heavy (non-hydrogen) atoms. The summed E-state index contributed by atoms with van der Waals surface area (Å²) < 4.78 is 4.61. The number of carbonyl (C=O) groups excluding carboxylic acids is 1. The molecule has 0 aromatic carbocycles. The lowest BCUT2D eigenvalue weighted by Crippen LogP contribution is -2.49. The molecule has 3 heteroatoms. The summed E-state index contributed by atoms with van der Waals surface area (Å²) in [6.07, 6.45) is 5.91. The zero-order chi connectivity index (χ0) is 10.5. The van der Waals surface area contributed by atoms with Gasteiger partial charge in [-0.05, 0) is 12.3 Å². The van der Waals surface area contributed by atoms with Gasteiger partial charge in [0, 0.05) is 6.42 Å². The highest BCUT2D eigenvalue weighted by molar-refractivity contribution is 5.80. The predicted octanol–water partition coefficient (Wildman–Crippen LogP) is 0.926. The van der Waals surface area contributed by atoms with Crippen molar-refractivity contribution in [2.45, 2.75) is 32.2 Å². The van der Waals surface area contributed by atoms with Crippen LogP contribution in [0.2, 0.25) is 0 Å². The summed E-state index contributed by atoms with van der Waals surface area (Å²) >= 11 is 0. The zero-order valence-corrected chi connectivity index (χ0v) is 8.46. The first-order valence-electron chi connectivity index (χ1n) is 4.27. The molecule has 1 atom stereocenters. The second kappa shape index (κ2) is 4.88. The van der Waals surface area contributed by atoms with E-state index in [-0.39, 0.29) is 6.42 Å². The van der Waals surface area contributed by atoms with E-state index in [1.165, 1.54) is 7.11 Å². The van der Waals surface area contributed by atoms with Gasteiger partial charge in [0.25, 0.3) is 0 Å². The number of hydrogen-bond acceptors (Lipinski definition) is 3. The Bertz CT molecular complexity index is 217. The number of rotatable bonds is 4. The molecule has 2 N–H and O–H groups in total. The van der Waals surface area contributed by atoms with Crippen LogP contribution < -0.4 is 5.73 Å². The molecule has 0 unspecified atom stereocenters. The van der Waals surface area contributed by atoms with Crippen LogP contribution in [-0.4, -0.2) is 18.6 Å². The quantitative estimate of drug-likeness (QED) is 0.521. The van der Waals surface area contributed by atoms with Gasteiger partial charge in [0.15, 0.2) is 0 Å². The number of ether oxygens (including phenoxy) is 1. The molecule has 0 aromatic heterocycles. The molecule has 0 aliphatic carbocycles. The third-order valence-corrected chi connectivity index (χ3v) is 1.78. The molecule has 0 heterocycles. The summed E-state index contributed by atoms with van der Waals surface area (Å²) in [5.74, 6) is 2.29. The summed E-state index contributed by atoms with van der Waals surface area (Å²) in [7, 11) is 1.32. The van der Waals surface area contributed by atoms with Gasteiger partial charge >= 0.3 is 5.97 Å². The van der Waals surface area contributed by atoms with Crippen LogP contribution in [0.15, 0.2) is 0 Å². The van der Waals surface area contributed by atoms with E-state index in [0.29, 0.717) is 12.3 Å². The minimum absolute atomic E-state index is 0.220. The van der Waals surface area contributed by atoms with E-state index < -0.39 is 11.5 Å². The zero-order valence-electron chi connectivity index (χ0n) is 8.46. The second-order valence-electron chi connectivity index (χ2n) is 3.63. The van der Waals surface area contributed by atoms with Gasteiger partial charge in [-0.25, -0.2) is 0 Å². The summed E-state index contributed by atoms with van der Waals surface area (Å²) in [5, 5.41) is 0. The lowest BCUT2D eigenvalue weighted by atomic mass is 9.87. The van der Waals surface area contributed by atoms with Crippen molar-refractivity contribution in [3.05, 3.63) is 0 Å². The van der Waals surface area contributed by atoms with Gasteiger partial charge in [0.1, 0.15) is 5.54 Å². The Balaban J connectivity index is 4.53. The fraction of sp³-hybridized carbons (Fsp3) is 0.700. The van der Waals surface area contributed by atoms with Gasteiger partial charge in [-0.2, -0.15) is 0 Å². The normalized spacial score (nSPS) is 14.8. The van der Waals surface area contributed by atoms with Crippen LogP contribution in [0.3, 0.4) is 0 Å². The van der Waals surface area contributed by atoms with E-state index in [9.17, 15) is 4.79 Å². The van der Waals surface area contributed by atoms with Crippen molar-refractivity contribution in [1.29, 1.82) is 0 Å². The van der Waals surface area contributed by atoms with Crippen molar-refractivity contribution in [2.24, 2.45) is 11.7 Å². The maximum Gasteiger partial charge on any atom is 0.326 e. The third-order valence-electron chi connectivity index (χ3n) is 1.78. The first-order valence-corrected chi connectivity index (χ1v) is 4.27. The van der Waals surface area contributed by atoms with E-state index >= 15 is 0 Å². The Hall–Kier alpha value is -1.01. The lowest BCUT2D eigenvalue weighted by Gasteiger charge is -2.25. The average Bonchev–Trinajstić information content (AvgIpc) is 2.02. The average molecular weight is 183 g/mol. The van der Waals surface area contributed by atoms with Gasteiger partial charge < -0.3 is 10.5 Å². The highest BCUT2D eigenvalue weighted by Crippen LogP contribution is 2.19. The number of methoxy groups -OCH3 is 1. The summed E-state index contributed by atoms with van der Waals surface area (Å²) in [6, 6.07) is 0. The van der Waals surface area contributed by atoms with Crippen LogP contribution in [-0.2, 0) is 9.53 Å². The van der Waals surface area contributed by atoms with Gasteiger partial charge in [0.2, 0.25) is 0 Å². The lowest BCUT2D eigenvalue weighted by molar-refractivity contribution is -0.147. The van der Waals surface area contributed by atoms with Crippen molar-refractivity contribution >= 4 is 5.97 Å². The van der Waals surface area contributed by atoms with Gasteiger partial charge in [-0.3, -0.25) is 4.79 Å². The third kappa shape index (κ3) is 3.47. The van der Waals surface area contributed by atoms with Crippen molar-refractivity contribution in [3.8, 4) is 12.3 Å². The van der Waals surface area contributed by atoms with Crippen molar-refractivity contribution in [1.82, 2.24) is 0 Å². The van der Waals surface area contributed by atoms with E-state index in [1.807, 2.05) is 13.8 Å². The minimum atomic E-state index is -1.02. The number of hydrogen-bond donors (Lipinski definition) is 1. The summed E-state index contributed by atoms with van der Waals surface area (Å²) in [6.45, 7) is 3.97. The molecule has 3 nitrogen and oxygen atoms in total. The molecule has 0 aliphatic rings. The first kappa shape index (κ1) is 12.0. The molecule has 74 valence electrons. The Labute approximate surface area is 79.6 Å². The molecule has 0 fully saturated rings. The number of carbonyl (C=O) groups is 1. The van der Waals surface area contributed by atoms with Crippen LogP contribution in [0.1, 0.15) is 26.7 Å². The van der Waals surface area contributed by atoms with Crippen molar-refractivity contribution in [3.63, 3.8) is 0 Å². The Morgan fingerprint density at radius 3 is 2.54 bits per heavy atom. The molecule has 0 amide bonds. The Kier molecular flexibility index (Phi) is 4.50. The summed E-state index contributed by atoms with van der Waals surface area (Å²) in [5.41, 5.74) is 4.83. The van der Waals surface area contributed by atoms with E-state index in [1.54, 1.807) is 0 Å². The van der Waals surface area contributed by atoms with Crippen LogP contribution in [0.25, 0.3) is 0 Å². The fourth-order valence-corrected chi connectivity index (χ4v) is 1.34. The maximum absolute atomic E-state index is 11.3. The molecule has 0 aromatic rings. The second-order valence-corrected chi connectivity index (χ2v) is 3.63. The summed E-state index contributed by atoms with van der Waals surface area (Å²) in [4.78, 5) is 11.3. The number of terminal acetylenes is 1. The highest BCUT2D eigenvalue weighted by atomic mass is 16.5. The monoisotopic (exact) mass is 183 g/mol. The Morgan fingerprint density at radius 2 is 2.23 bits per heavy atom. The van der Waals surface area contributed by atoms with Gasteiger partial charge in [-0.1, -0.05) is 13.8 Å². The molecule has 0 rings (SSSR count). The van der Waals surface area contributed by atoms with Crippen LogP contribution in [0.5, 0.6) is 0 Å². The topological polar surface area (TPSA) is 52.3 Å². The maximum atomic E-state index is 11.3. The fourth-order valence-electron chi connectivity index (χ4n) is 1.34. The predicted molar refractivity (Wildman–Crippen MR) is 51.8 cm³/mol. The first-order chi connectivity index (χ1) is 5.96. The highest BCUT2D eigenvalue weighted by Gasteiger charge is 2.34. The standard InChI is InChI=1S/C10H17NO2/c1-5-6-10(11,7-8(2)3)9(12)13-4/h1,8H,6-7,11H2,2-4H3/t10-/m1/s1. The van der Waals surface area contributed by atoms with Crippen LogP contribution in [0, 0.1) is 18.3 Å². The number of esters is 1. The molecule has 0 aliphatic heterocycles. The minimum Gasteiger partial charge on any atom is -0.468 e. The molecular formula is C10H17NO2. The molecule has 0 saturated carbocycles. The molecule has 0 spiro atoms. The molecule has 0 bridgehead atoms. The van der Waals surface area contributed by atoms with Gasteiger partial charge in [0.05, 0.1) is 7.11 Å². The largest absolute Gasteiger partial charge is 0.468 e. The number of nitrogens with two attached hydrogens (primary N) is 1. The van der Waals surface area contributed by atoms with E-state index in [2.05, 4.69) is 10.7 Å². The SMILES string of the molecule is C#CC[C@@](N)(CC(C)C)C(=O)OC. The molecule has 0 saturated heterocycles. The molecule has 0 radical (unpaired) electrons. The molecular weight excluding hydrogens is 166 g/mol. The van der Waals surface area contributed by atoms with Crippen molar-refractivity contribution < 1.29 is 9.53 Å². The van der Waals surface area contributed by atoms with Crippen LogP contribution >= 0.6 is 0 Å². The van der Waals surface area contributed by atoms with Crippen LogP contribution in [0.4, 0.5) is 0 Å². The van der Waals surface area contributed by atoms with Crippen molar-refractivity contribution in [2.75, 3.05) is 7.11 Å². The Morgan fingerprint density at radius 1 is 1.69 bits per heavy atom. The van der Waals surface area contributed by atoms with Gasteiger partial charge in [-0.15, -0.1) is 12.3 Å².